The summed E-state index contributed by atoms with van der Waals surface area (Å²) in [5, 5.41) is 15.5. The maximum atomic E-state index is 11.7. The third-order valence-corrected chi connectivity index (χ3v) is 3.75. The monoisotopic (exact) mass is 350 g/mol. The molecule has 0 spiro atoms. The minimum Gasteiger partial charge on any atom is -0.445 e. The molecule has 0 aromatic heterocycles. The van der Waals surface area contributed by atoms with Gasteiger partial charge >= 0.3 is 12.2 Å². The molecule has 2 amide bonds. The van der Waals surface area contributed by atoms with E-state index in [1.807, 2.05) is 30.3 Å². The van der Waals surface area contributed by atoms with Crippen LogP contribution in [-0.4, -0.2) is 41.1 Å². The lowest BCUT2D eigenvalue weighted by atomic mass is 9.75. The Bertz CT molecular complexity index is 591. The Balaban J connectivity index is 1.63. The molecule has 0 heterocycles. The number of ether oxygens (including phenoxy) is 2. The minimum absolute atomic E-state index is 0.0765. The topological polar surface area (TPSA) is 96.9 Å². The molecule has 1 aliphatic carbocycles. The second kappa shape index (κ2) is 7.74. The van der Waals surface area contributed by atoms with Crippen LogP contribution in [0.5, 0.6) is 0 Å². The second-order valence-corrected chi connectivity index (χ2v) is 7.39. The summed E-state index contributed by atoms with van der Waals surface area (Å²) in [6.07, 6.45) is -0.383. The fraction of sp³-hybridized carbons (Fsp3) is 0.556. The second-order valence-electron chi connectivity index (χ2n) is 7.39. The first-order valence-electron chi connectivity index (χ1n) is 8.32. The molecule has 0 bridgehead atoms. The van der Waals surface area contributed by atoms with Gasteiger partial charge in [0.25, 0.3) is 0 Å². The lowest BCUT2D eigenvalue weighted by Crippen LogP contribution is -2.60. The van der Waals surface area contributed by atoms with Crippen molar-refractivity contribution < 1.29 is 24.2 Å². The number of carbonyl (C=O) groups is 2. The van der Waals surface area contributed by atoms with E-state index in [2.05, 4.69) is 10.6 Å². The van der Waals surface area contributed by atoms with Gasteiger partial charge in [-0.05, 0) is 39.2 Å². The Hall–Kier alpha value is -2.28. The van der Waals surface area contributed by atoms with Gasteiger partial charge in [0.15, 0.2) is 0 Å². The molecule has 1 fully saturated rings. The van der Waals surface area contributed by atoms with Gasteiger partial charge < -0.3 is 25.2 Å². The van der Waals surface area contributed by atoms with E-state index in [-0.39, 0.29) is 19.2 Å². The summed E-state index contributed by atoms with van der Waals surface area (Å²) in [4.78, 5) is 23.3. The molecule has 0 unspecified atom stereocenters. The van der Waals surface area contributed by atoms with Crippen LogP contribution in [0.2, 0.25) is 0 Å². The van der Waals surface area contributed by atoms with Crippen molar-refractivity contribution in [1.29, 1.82) is 0 Å². The van der Waals surface area contributed by atoms with E-state index in [0.29, 0.717) is 12.8 Å². The first-order chi connectivity index (χ1) is 11.7. The van der Waals surface area contributed by atoms with E-state index in [0.717, 1.165) is 5.56 Å². The Morgan fingerprint density at radius 3 is 2.44 bits per heavy atom. The van der Waals surface area contributed by atoms with Gasteiger partial charge in [-0.1, -0.05) is 30.3 Å². The van der Waals surface area contributed by atoms with Gasteiger partial charge in [0.05, 0.1) is 5.60 Å². The molecule has 2 rings (SSSR count). The zero-order valence-corrected chi connectivity index (χ0v) is 14.9. The molecule has 7 nitrogen and oxygen atoms in total. The highest BCUT2D eigenvalue weighted by molar-refractivity contribution is 5.68. The van der Waals surface area contributed by atoms with Crippen LogP contribution in [0.4, 0.5) is 9.59 Å². The van der Waals surface area contributed by atoms with Crippen LogP contribution in [0.1, 0.15) is 39.2 Å². The van der Waals surface area contributed by atoms with E-state index >= 15 is 0 Å². The van der Waals surface area contributed by atoms with Crippen molar-refractivity contribution in [3.05, 3.63) is 35.9 Å². The van der Waals surface area contributed by atoms with Crippen LogP contribution >= 0.6 is 0 Å². The van der Waals surface area contributed by atoms with E-state index in [1.165, 1.54) is 0 Å². The average Bonchev–Trinajstić information content (AvgIpc) is 2.48. The molecule has 0 atom stereocenters. The van der Waals surface area contributed by atoms with Crippen LogP contribution in [0.3, 0.4) is 0 Å². The molecular weight excluding hydrogens is 324 g/mol. The van der Waals surface area contributed by atoms with Gasteiger partial charge in [-0.3, -0.25) is 0 Å². The molecule has 1 aliphatic rings. The fourth-order valence-corrected chi connectivity index (χ4v) is 2.59. The number of amides is 2. The maximum absolute atomic E-state index is 11.7. The Morgan fingerprint density at radius 2 is 1.84 bits per heavy atom. The van der Waals surface area contributed by atoms with Crippen molar-refractivity contribution in [3.63, 3.8) is 0 Å². The largest absolute Gasteiger partial charge is 0.445 e. The molecule has 1 aromatic rings. The fourth-order valence-electron chi connectivity index (χ4n) is 2.59. The van der Waals surface area contributed by atoms with Crippen LogP contribution in [0.15, 0.2) is 30.3 Å². The summed E-state index contributed by atoms with van der Waals surface area (Å²) in [7, 11) is 0. The number of alkyl carbamates (subject to hydrolysis) is 2. The van der Waals surface area contributed by atoms with Crippen LogP contribution in [0, 0.1) is 0 Å². The number of nitrogens with one attached hydrogen (secondary N) is 2. The van der Waals surface area contributed by atoms with E-state index in [4.69, 9.17) is 9.47 Å². The van der Waals surface area contributed by atoms with Crippen LogP contribution in [-0.2, 0) is 16.1 Å². The van der Waals surface area contributed by atoms with Gasteiger partial charge in [0.1, 0.15) is 12.2 Å². The Labute approximate surface area is 147 Å². The molecule has 1 aromatic carbocycles. The maximum Gasteiger partial charge on any atom is 0.407 e. The van der Waals surface area contributed by atoms with Crippen molar-refractivity contribution in [1.82, 2.24) is 10.6 Å². The first kappa shape index (κ1) is 19.1. The smallest absolute Gasteiger partial charge is 0.407 e. The molecule has 7 heteroatoms. The SMILES string of the molecule is CC(C)(C)OC(=O)NC1CC(O)(CNC(=O)OCc2ccccc2)C1. The average molecular weight is 350 g/mol. The van der Waals surface area contributed by atoms with Crippen molar-refractivity contribution in [3.8, 4) is 0 Å². The van der Waals surface area contributed by atoms with E-state index in [1.54, 1.807) is 20.8 Å². The first-order valence-corrected chi connectivity index (χ1v) is 8.32. The minimum atomic E-state index is -1.04. The van der Waals surface area contributed by atoms with Gasteiger partial charge in [-0.25, -0.2) is 9.59 Å². The number of carbonyl (C=O) groups excluding carboxylic acids is 2. The summed E-state index contributed by atoms with van der Waals surface area (Å²) in [5.74, 6) is 0. The van der Waals surface area contributed by atoms with Crippen molar-refractivity contribution in [2.45, 2.75) is 57.5 Å². The number of hydrogen-bond acceptors (Lipinski definition) is 5. The van der Waals surface area contributed by atoms with E-state index < -0.39 is 23.4 Å². The molecule has 25 heavy (non-hydrogen) atoms. The molecule has 3 N–H and O–H groups in total. The summed E-state index contributed by atoms with van der Waals surface area (Å²) >= 11 is 0. The molecule has 138 valence electrons. The molecule has 0 saturated heterocycles. The predicted molar refractivity (Wildman–Crippen MR) is 92.0 cm³/mol. The lowest BCUT2D eigenvalue weighted by Gasteiger charge is -2.43. The highest BCUT2D eigenvalue weighted by atomic mass is 16.6. The molecule has 1 saturated carbocycles. The van der Waals surface area contributed by atoms with Gasteiger partial charge in [-0.2, -0.15) is 0 Å². The number of rotatable bonds is 5. The normalized spacial score (nSPS) is 22.5. The zero-order chi connectivity index (χ0) is 18.5. The van der Waals surface area contributed by atoms with Gasteiger partial charge in [0.2, 0.25) is 0 Å². The molecule has 0 radical (unpaired) electrons. The van der Waals surface area contributed by atoms with Crippen molar-refractivity contribution in [2.24, 2.45) is 0 Å². The molecule has 0 aliphatic heterocycles. The van der Waals surface area contributed by atoms with Gasteiger partial charge in [0, 0.05) is 12.6 Å². The van der Waals surface area contributed by atoms with Gasteiger partial charge in [-0.15, -0.1) is 0 Å². The lowest BCUT2D eigenvalue weighted by molar-refractivity contribution is -0.0545. The summed E-state index contributed by atoms with van der Waals surface area (Å²) in [6, 6.07) is 9.18. The Morgan fingerprint density at radius 1 is 1.20 bits per heavy atom. The van der Waals surface area contributed by atoms with Crippen LogP contribution in [0.25, 0.3) is 0 Å². The summed E-state index contributed by atoms with van der Waals surface area (Å²) in [6.45, 7) is 5.61. The Kier molecular flexibility index (Phi) is 5.89. The summed E-state index contributed by atoms with van der Waals surface area (Å²) in [5.41, 5.74) is -0.707. The summed E-state index contributed by atoms with van der Waals surface area (Å²) < 4.78 is 10.3. The van der Waals surface area contributed by atoms with Crippen molar-refractivity contribution in [2.75, 3.05) is 6.54 Å². The quantitative estimate of drug-likeness (QED) is 0.757. The standard InChI is InChI=1S/C18H26N2O5/c1-17(2,3)25-16(22)20-14-9-18(23,10-14)12-19-15(21)24-11-13-7-5-4-6-8-13/h4-8,14,23H,9-12H2,1-3H3,(H,19,21)(H,20,22). The van der Waals surface area contributed by atoms with E-state index in [9.17, 15) is 14.7 Å². The third-order valence-electron chi connectivity index (χ3n) is 3.75. The number of aliphatic hydroxyl groups is 1. The predicted octanol–water partition coefficient (Wildman–Crippen LogP) is 2.33. The third kappa shape index (κ3) is 6.62. The molecular formula is C18H26N2O5. The number of hydrogen-bond donors (Lipinski definition) is 3. The zero-order valence-electron chi connectivity index (χ0n) is 14.9. The van der Waals surface area contributed by atoms with Crippen molar-refractivity contribution >= 4 is 12.2 Å². The van der Waals surface area contributed by atoms with Crippen LogP contribution < -0.4 is 10.6 Å². The number of benzene rings is 1. The highest BCUT2D eigenvalue weighted by Crippen LogP contribution is 2.31. The highest BCUT2D eigenvalue weighted by Gasteiger charge is 2.44.